The molecule has 1 atom stereocenters. The number of H-pyrrole nitrogens is 1. The summed E-state index contributed by atoms with van der Waals surface area (Å²) in [6.45, 7) is 12.0. The van der Waals surface area contributed by atoms with Crippen LogP contribution in [0.3, 0.4) is 0 Å². The van der Waals surface area contributed by atoms with Gasteiger partial charge >= 0.3 is 0 Å². The van der Waals surface area contributed by atoms with Crippen molar-refractivity contribution in [3.05, 3.63) is 65.0 Å². The van der Waals surface area contributed by atoms with E-state index in [0.717, 1.165) is 91.4 Å². The zero-order chi connectivity index (χ0) is 26.8. The highest BCUT2D eigenvalue weighted by Gasteiger charge is 2.24. The van der Waals surface area contributed by atoms with Crippen LogP contribution in [0.25, 0.3) is 22.6 Å². The quantitative estimate of drug-likeness (QED) is 0.300. The van der Waals surface area contributed by atoms with Crippen LogP contribution < -0.4 is 10.2 Å². The maximum absolute atomic E-state index is 4.85. The molecule has 6 rings (SSSR count). The molecule has 0 spiro atoms. The molecule has 2 aliphatic heterocycles. The Labute approximate surface area is 239 Å². The van der Waals surface area contributed by atoms with Crippen molar-refractivity contribution in [3.63, 3.8) is 0 Å². The Morgan fingerprint density at radius 2 is 1.87 bits per heavy atom. The van der Waals surface area contributed by atoms with Gasteiger partial charge in [-0.1, -0.05) is 13.0 Å². The second kappa shape index (κ2) is 11.6. The molecule has 5 heterocycles. The van der Waals surface area contributed by atoms with E-state index in [1.54, 1.807) is 0 Å². The van der Waals surface area contributed by atoms with E-state index in [9.17, 15) is 0 Å². The van der Waals surface area contributed by atoms with Crippen molar-refractivity contribution in [1.82, 2.24) is 29.7 Å². The maximum Gasteiger partial charge on any atom is 0.180 e. The molecule has 2 N–H and O–H groups in total. The number of benzene rings is 1. The molecular formula is C30H37BrN8. The summed E-state index contributed by atoms with van der Waals surface area (Å²) in [4.78, 5) is 24.8. The number of hydrogen-bond donors (Lipinski definition) is 2. The number of anilines is 2. The molecule has 0 aliphatic carbocycles. The molecule has 2 aliphatic rings. The first-order valence-electron chi connectivity index (χ1n) is 14.1. The zero-order valence-electron chi connectivity index (χ0n) is 22.8. The molecule has 9 heteroatoms. The number of piperazine rings is 1. The van der Waals surface area contributed by atoms with Crippen LogP contribution in [-0.4, -0.2) is 81.1 Å². The smallest absolute Gasteiger partial charge is 0.180 e. The Hall–Kier alpha value is -3.01. The number of aromatic nitrogens is 4. The van der Waals surface area contributed by atoms with Crippen LogP contribution in [0.5, 0.6) is 0 Å². The molecule has 8 nitrogen and oxygen atoms in total. The molecule has 1 aromatic carbocycles. The first-order valence-corrected chi connectivity index (χ1v) is 14.9. The second-order valence-electron chi connectivity index (χ2n) is 10.8. The van der Waals surface area contributed by atoms with Crippen LogP contribution in [0, 0.1) is 0 Å². The van der Waals surface area contributed by atoms with Crippen molar-refractivity contribution in [2.75, 3.05) is 49.5 Å². The van der Waals surface area contributed by atoms with Crippen molar-refractivity contribution in [1.29, 1.82) is 0 Å². The van der Waals surface area contributed by atoms with Gasteiger partial charge in [-0.05, 0) is 78.1 Å². The average Bonchev–Trinajstić information content (AvgIpc) is 3.41. The third-order valence-corrected chi connectivity index (χ3v) is 8.84. The van der Waals surface area contributed by atoms with E-state index in [0.29, 0.717) is 12.1 Å². The van der Waals surface area contributed by atoms with E-state index in [-0.39, 0.29) is 0 Å². The maximum atomic E-state index is 4.85. The summed E-state index contributed by atoms with van der Waals surface area (Å²) >= 11 is 3.72. The Balaban J connectivity index is 1.14. The Bertz CT molecular complexity index is 1380. The topological polar surface area (TPSA) is 76.2 Å². The fourth-order valence-electron chi connectivity index (χ4n) is 5.83. The fourth-order valence-corrected chi connectivity index (χ4v) is 6.25. The van der Waals surface area contributed by atoms with Crippen LogP contribution >= 0.6 is 15.9 Å². The third kappa shape index (κ3) is 5.81. The standard InChI is InChI=1S/C30H37BrN8/c1-3-37-13-10-24(11-14-37)34-27-26(31)18-33-30-28(27)35-29(36-30)23-6-8-25(9-7-23)39-16-15-38(21(2)19-39)20-22-5-4-12-32-17-22/h4-9,12,17-18,21,24H,3,10-11,13-16,19-20H2,1-2H3,(H2,33,34,35,36). The van der Waals surface area contributed by atoms with E-state index in [1.165, 1.54) is 11.3 Å². The molecule has 3 aromatic heterocycles. The predicted octanol–water partition coefficient (Wildman–Crippen LogP) is 5.39. The molecular weight excluding hydrogens is 552 g/mol. The van der Waals surface area contributed by atoms with Gasteiger partial charge in [-0.25, -0.2) is 9.97 Å². The lowest BCUT2D eigenvalue weighted by atomic mass is 10.0. The molecule has 4 aromatic rings. The van der Waals surface area contributed by atoms with Gasteiger partial charge < -0.3 is 20.1 Å². The second-order valence-corrected chi connectivity index (χ2v) is 11.6. The summed E-state index contributed by atoms with van der Waals surface area (Å²) in [5, 5.41) is 3.78. The van der Waals surface area contributed by atoms with Crippen molar-refractivity contribution in [2.45, 2.75) is 45.3 Å². The monoisotopic (exact) mass is 588 g/mol. The van der Waals surface area contributed by atoms with Crippen molar-refractivity contribution < 1.29 is 0 Å². The van der Waals surface area contributed by atoms with Gasteiger partial charge in [0.25, 0.3) is 0 Å². The van der Waals surface area contributed by atoms with Crippen LogP contribution in [-0.2, 0) is 6.54 Å². The first kappa shape index (κ1) is 26.2. The molecule has 2 saturated heterocycles. The Morgan fingerprint density at radius 3 is 2.59 bits per heavy atom. The average molecular weight is 590 g/mol. The summed E-state index contributed by atoms with van der Waals surface area (Å²) in [5.41, 5.74) is 6.35. The number of imidazole rings is 1. The minimum Gasteiger partial charge on any atom is -0.379 e. The van der Waals surface area contributed by atoms with E-state index in [1.807, 2.05) is 24.7 Å². The normalized spacial score (nSPS) is 19.6. The summed E-state index contributed by atoms with van der Waals surface area (Å²) in [6.07, 6.45) is 7.95. The van der Waals surface area contributed by atoms with E-state index in [2.05, 4.69) is 95.1 Å². The number of fused-ring (bicyclic) bond motifs is 1. The lowest BCUT2D eigenvalue weighted by Gasteiger charge is -2.41. The summed E-state index contributed by atoms with van der Waals surface area (Å²) < 4.78 is 0.968. The van der Waals surface area contributed by atoms with E-state index < -0.39 is 0 Å². The molecule has 1 unspecified atom stereocenters. The number of hydrogen-bond acceptors (Lipinski definition) is 7. The number of aromatic amines is 1. The molecule has 204 valence electrons. The van der Waals surface area contributed by atoms with Crippen molar-refractivity contribution in [2.24, 2.45) is 0 Å². The lowest BCUT2D eigenvalue weighted by Crippen LogP contribution is -2.51. The van der Waals surface area contributed by atoms with Crippen molar-refractivity contribution in [3.8, 4) is 11.4 Å². The number of likely N-dealkylation sites (tertiary alicyclic amines) is 1. The first-order chi connectivity index (χ1) is 19.1. The molecule has 2 fully saturated rings. The van der Waals surface area contributed by atoms with Crippen LogP contribution in [0.4, 0.5) is 11.4 Å². The highest BCUT2D eigenvalue weighted by atomic mass is 79.9. The van der Waals surface area contributed by atoms with Gasteiger partial charge in [0.1, 0.15) is 11.3 Å². The van der Waals surface area contributed by atoms with E-state index in [4.69, 9.17) is 4.98 Å². The Kier molecular flexibility index (Phi) is 7.81. The number of pyridine rings is 2. The SMILES string of the molecule is CCN1CCC(Nc2c(Br)cnc3nc(-c4ccc(N5CCN(Cc6cccnc6)C(C)C5)cc4)[nH]c23)CC1. The van der Waals surface area contributed by atoms with E-state index >= 15 is 0 Å². The largest absolute Gasteiger partial charge is 0.379 e. The molecule has 0 saturated carbocycles. The van der Waals surface area contributed by atoms with Gasteiger partial charge in [0, 0.05) is 81.2 Å². The highest BCUT2D eigenvalue weighted by molar-refractivity contribution is 9.10. The molecule has 39 heavy (non-hydrogen) atoms. The number of halogens is 1. The number of rotatable bonds is 7. The van der Waals surface area contributed by atoms with Crippen LogP contribution in [0.2, 0.25) is 0 Å². The van der Waals surface area contributed by atoms with Gasteiger partial charge in [-0.2, -0.15) is 0 Å². The summed E-state index contributed by atoms with van der Waals surface area (Å²) in [5.74, 6) is 0.848. The van der Waals surface area contributed by atoms with Gasteiger partial charge in [0.2, 0.25) is 0 Å². The minimum atomic E-state index is 0.452. The zero-order valence-corrected chi connectivity index (χ0v) is 24.4. The number of nitrogens with one attached hydrogen (secondary N) is 2. The van der Waals surface area contributed by atoms with Gasteiger partial charge in [0.15, 0.2) is 5.65 Å². The summed E-state index contributed by atoms with van der Waals surface area (Å²) in [7, 11) is 0. The van der Waals surface area contributed by atoms with Gasteiger partial charge in [-0.3, -0.25) is 9.88 Å². The number of piperidine rings is 1. The Morgan fingerprint density at radius 1 is 1.05 bits per heavy atom. The van der Waals surface area contributed by atoms with Gasteiger partial charge in [0.05, 0.1) is 10.2 Å². The predicted molar refractivity (Wildman–Crippen MR) is 162 cm³/mol. The third-order valence-electron chi connectivity index (χ3n) is 8.24. The molecule has 0 radical (unpaired) electrons. The fraction of sp³-hybridized carbons (Fsp3) is 0.433. The van der Waals surface area contributed by atoms with Gasteiger partial charge in [-0.15, -0.1) is 0 Å². The molecule has 0 bridgehead atoms. The summed E-state index contributed by atoms with van der Waals surface area (Å²) in [6, 6.07) is 13.9. The number of nitrogens with zero attached hydrogens (tertiary/aromatic N) is 6. The molecule has 0 amide bonds. The lowest BCUT2D eigenvalue weighted by molar-refractivity contribution is 0.181. The van der Waals surface area contributed by atoms with Crippen molar-refractivity contribution >= 4 is 38.5 Å². The minimum absolute atomic E-state index is 0.452. The van der Waals surface area contributed by atoms with Crippen LogP contribution in [0.15, 0.2) is 59.5 Å². The van der Waals surface area contributed by atoms with Crippen LogP contribution in [0.1, 0.15) is 32.3 Å². The highest BCUT2D eigenvalue weighted by Crippen LogP contribution is 2.33.